The molecule has 10 heteroatoms. The molecule has 0 bridgehead atoms. The van der Waals surface area contributed by atoms with Gasteiger partial charge < -0.3 is 9.47 Å². The number of nitrogens with one attached hydrogen (secondary N) is 1. The molecule has 0 aliphatic carbocycles. The fourth-order valence-corrected chi connectivity index (χ4v) is 4.41. The van der Waals surface area contributed by atoms with E-state index in [-0.39, 0.29) is 5.69 Å². The average molecular weight is 442 g/mol. The van der Waals surface area contributed by atoms with Gasteiger partial charge in [0, 0.05) is 18.2 Å². The molecular formula is C21H16F2N4O3S. The molecule has 4 aromatic rings. The fourth-order valence-electron chi connectivity index (χ4n) is 3.54. The Morgan fingerprint density at radius 3 is 2.61 bits per heavy atom. The summed E-state index contributed by atoms with van der Waals surface area (Å²) in [5.74, 6) is -0.600. The number of aryl methyl sites for hydroxylation is 1. The standard InChI is InChI=1S/C21H16F2N4O3S/c1-10-19(11(2)27(26-10)15-4-3-12(22)7-13(15)23)20(28)25-21-24-14-8-16-17(9-18(14)31-21)30-6-5-29-16/h3-4,7-9H,5-6H2,1-2H3,(H,24,25,28). The van der Waals surface area contributed by atoms with Crippen LogP contribution in [0.5, 0.6) is 11.5 Å². The lowest BCUT2D eigenvalue weighted by atomic mass is 10.2. The summed E-state index contributed by atoms with van der Waals surface area (Å²) < 4.78 is 40.8. The number of thiazole rings is 1. The van der Waals surface area contributed by atoms with E-state index in [1.807, 2.05) is 6.07 Å². The molecule has 0 radical (unpaired) electrons. The molecule has 5 rings (SSSR count). The van der Waals surface area contributed by atoms with Crippen molar-refractivity contribution in [3.8, 4) is 17.2 Å². The normalized spacial score (nSPS) is 12.9. The van der Waals surface area contributed by atoms with Gasteiger partial charge in [-0.25, -0.2) is 18.4 Å². The fraction of sp³-hybridized carbons (Fsp3) is 0.190. The number of hydrogen-bond acceptors (Lipinski definition) is 6. The van der Waals surface area contributed by atoms with Crippen molar-refractivity contribution < 1.29 is 23.0 Å². The minimum Gasteiger partial charge on any atom is -0.486 e. The average Bonchev–Trinajstić information content (AvgIpc) is 3.24. The molecule has 0 spiro atoms. The minimum atomic E-state index is -0.767. The van der Waals surface area contributed by atoms with Gasteiger partial charge >= 0.3 is 0 Å². The van der Waals surface area contributed by atoms with E-state index in [2.05, 4.69) is 15.4 Å². The van der Waals surface area contributed by atoms with Gasteiger partial charge in [0.2, 0.25) is 0 Å². The van der Waals surface area contributed by atoms with Gasteiger partial charge in [0.05, 0.1) is 27.2 Å². The summed E-state index contributed by atoms with van der Waals surface area (Å²) in [4.78, 5) is 17.4. The van der Waals surface area contributed by atoms with E-state index in [0.717, 1.165) is 16.8 Å². The summed E-state index contributed by atoms with van der Waals surface area (Å²) in [6.45, 7) is 4.27. The highest BCUT2D eigenvalue weighted by atomic mass is 32.1. The topological polar surface area (TPSA) is 78.3 Å². The van der Waals surface area contributed by atoms with Crippen molar-refractivity contribution >= 4 is 32.6 Å². The number of benzene rings is 2. The second-order valence-electron chi connectivity index (χ2n) is 6.99. The maximum atomic E-state index is 14.2. The van der Waals surface area contributed by atoms with Gasteiger partial charge in [-0.15, -0.1) is 0 Å². The zero-order chi connectivity index (χ0) is 21.7. The van der Waals surface area contributed by atoms with Crippen LogP contribution in [0.2, 0.25) is 0 Å². The summed E-state index contributed by atoms with van der Waals surface area (Å²) in [7, 11) is 0. The van der Waals surface area contributed by atoms with E-state index >= 15 is 0 Å². The van der Waals surface area contributed by atoms with Crippen LogP contribution in [-0.4, -0.2) is 33.9 Å². The van der Waals surface area contributed by atoms with Gasteiger partial charge in [-0.2, -0.15) is 5.10 Å². The Labute approximate surface area is 179 Å². The first-order chi connectivity index (χ1) is 14.9. The number of carbonyl (C=O) groups is 1. The molecule has 7 nitrogen and oxygen atoms in total. The smallest absolute Gasteiger partial charge is 0.261 e. The maximum absolute atomic E-state index is 14.2. The van der Waals surface area contributed by atoms with Gasteiger partial charge in [0.15, 0.2) is 22.4 Å². The number of rotatable bonds is 3. The van der Waals surface area contributed by atoms with Crippen molar-refractivity contribution in [3.05, 3.63) is 58.9 Å². The summed E-state index contributed by atoms with van der Waals surface area (Å²) in [5, 5.41) is 7.46. The van der Waals surface area contributed by atoms with Crippen LogP contribution < -0.4 is 14.8 Å². The van der Waals surface area contributed by atoms with Crippen LogP contribution in [0.3, 0.4) is 0 Å². The SMILES string of the molecule is Cc1nn(-c2ccc(F)cc2F)c(C)c1C(=O)Nc1nc2cc3c(cc2s1)OCCO3. The van der Waals surface area contributed by atoms with Crippen LogP contribution in [0, 0.1) is 25.5 Å². The van der Waals surface area contributed by atoms with Crippen LogP contribution in [0.15, 0.2) is 30.3 Å². The van der Waals surface area contributed by atoms with Gasteiger partial charge in [-0.3, -0.25) is 10.1 Å². The molecule has 2 aromatic carbocycles. The molecule has 1 aliphatic rings. The number of hydrogen-bond donors (Lipinski definition) is 1. The molecule has 0 atom stereocenters. The Morgan fingerprint density at radius 1 is 1.13 bits per heavy atom. The third kappa shape index (κ3) is 3.38. The van der Waals surface area contributed by atoms with Crippen LogP contribution in [0.25, 0.3) is 15.9 Å². The second kappa shape index (κ2) is 7.31. The van der Waals surface area contributed by atoms with E-state index in [1.54, 1.807) is 19.9 Å². The molecule has 158 valence electrons. The molecule has 1 N–H and O–H groups in total. The van der Waals surface area contributed by atoms with E-state index in [1.165, 1.54) is 22.1 Å². The first-order valence-electron chi connectivity index (χ1n) is 9.44. The van der Waals surface area contributed by atoms with E-state index in [9.17, 15) is 13.6 Å². The number of fused-ring (bicyclic) bond motifs is 2. The van der Waals surface area contributed by atoms with Gasteiger partial charge in [0.25, 0.3) is 5.91 Å². The predicted molar refractivity (Wildman–Crippen MR) is 112 cm³/mol. The number of carbonyl (C=O) groups excluding carboxylic acids is 1. The van der Waals surface area contributed by atoms with E-state index in [0.29, 0.717) is 52.3 Å². The Hall–Kier alpha value is -3.53. The van der Waals surface area contributed by atoms with Crippen molar-refractivity contribution in [2.45, 2.75) is 13.8 Å². The van der Waals surface area contributed by atoms with Crippen molar-refractivity contribution in [2.75, 3.05) is 18.5 Å². The molecule has 0 unspecified atom stereocenters. The van der Waals surface area contributed by atoms with Crippen LogP contribution >= 0.6 is 11.3 Å². The molecule has 2 aromatic heterocycles. The zero-order valence-electron chi connectivity index (χ0n) is 16.5. The molecule has 1 amide bonds. The number of ether oxygens (including phenoxy) is 2. The third-order valence-electron chi connectivity index (χ3n) is 4.93. The lowest BCUT2D eigenvalue weighted by Gasteiger charge is -2.17. The lowest BCUT2D eigenvalue weighted by molar-refractivity contribution is 0.102. The summed E-state index contributed by atoms with van der Waals surface area (Å²) >= 11 is 1.30. The maximum Gasteiger partial charge on any atom is 0.261 e. The van der Waals surface area contributed by atoms with Crippen molar-refractivity contribution in [1.29, 1.82) is 0 Å². The molecule has 31 heavy (non-hydrogen) atoms. The number of amides is 1. The Balaban J connectivity index is 1.46. The number of halogens is 2. The molecule has 3 heterocycles. The Kier molecular flexibility index (Phi) is 4.58. The van der Waals surface area contributed by atoms with Gasteiger partial charge in [-0.05, 0) is 26.0 Å². The van der Waals surface area contributed by atoms with Crippen LogP contribution in [-0.2, 0) is 0 Å². The molecule has 0 saturated heterocycles. The number of aromatic nitrogens is 3. The Morgan fingerprint density at radius 2 is 1.87 bits per heavy atom. The van der Waals surface area contributed by atoms with Crippen molar-refractivity contribution in [2.24, 2.45) is 0 Å². The molecule has 1 aliphatic heterocycles. The van der Waals surface area contributed by atoms with E-state index in [4.69, 9.17) is 9.47 Å². The molecule has 0 fully saturated rings. The minimum absolute atomic E-state index is 0.0617. The molecular weight excluding hydrogens is 426 g/mol. The van der Waals surface area contributed by atoms with Crippen LogP contribution in [0.1, 0.15) is 21.7 Å². The van der Waals surface area contributed by atoms with Crippen molar-refractivity contribution in [3.63, 3.8) is 0 Å². The highest BCUT2D eigenvalue weighted by molar-refractivity contribution is 7.22. The monoisotopic (exact) mass is 442 g/mol. The van der Waals surface area contributed by atoms with Crippen molar-refractivity contribution in [1.82, 2.24) is 14.8 Å². The van der Waals surface area contributed by atoms with Gasteiger partial charge in [-0.1, -0.05) is 11.3 Å². The first kappa shape index (κ1) is 19.4. The number of nitrogens with zero attached hydrogens (tertiary/aromatic N) is 3. The third-order valence-corrected chi connectivity index (χ3v) is 5.86. The predicted octanol–water partition coefficient (Wildman–Crippen LogP) is 4.40. The lowest BCUT2D eigenvalue weighted by Crippen LogP contribution is -2.15. The largest absolute Gasteiger partial charge is 0.486 e. The quantitative estimate of drug-likeness (QED) is 0.509. The summed E-state index contributed by atoms with van der Waals surface area (Å²) in [5.41, 5.74) is 1.89. The number of anilines is 1. The van der Waals surface area contributed by atoms with Gasteiger partial charge in [0.1, 0.15) is 24.7 Å². The van der Waals surface area contributed by atoms with Crippen LogP contribution in [0.4, 0.5) is 13.9 Å². The van der Waals surface area contributed by atoms with E-state index < -0.39 is 17.5 Å². The highest BCUT2D eigenvalue weighted by Crippen LogP contribution is 2.38. The second-order valence-corrected chi connectivity index (χ2v) is 8.02. The summed E-state index contributed by atoms with van der Waals surface area (Å²) in [6, 6.07) is 6.82. The summed E-state index contributed by atoms with van der Waals surface area (Å²) in [6.07, 6.45) is 0. The first-order valence-corrected chi connectivity index (χ1v) is 10.3. The zero-order valence-corrected chi connectivity index (χ0v) is 17.3. The Bertz CT molecular complexity index is 1310. The molecule has 0 saturated carbocycles. The highest BCUT2D eigenvalue weighted by Gasteiger charge is 2.22.